The first kappa shape index (κ1) is 27.1. The van der Waals surface area contributed by atoms with E-state index in [1.807, 2.05) is 19.2 Å². The Bertz CT molecular complexity index is 702. The molecule has 1 aromatic rings. The molecule has 3 heterocycles. The fraction of sp³-hybridized carbons (Fsp3) is 0.739. The van der Waals surface area contributed by atoms with Crippen molar-refractivity contribution in [3.63, 3.8) is 0 Å². The standard InChI is InChI=1S/C23H37N5O2.2ClH/c1-18-3-4-21(27-16-18)25-8-2-9-26-22(29)23-7-5-20(28-11-13-30-14-12-28)15-19(23)6-10-24-17-23;;/h3-4,16,19-20,24H,2,5-15,17H2,1H3,(H,25,27)(H,26,29);2*1H/t19-,20+,23-;;/m1../s1. The average Bonchev–Trinajstić information content (AvgIpc) is 2.80. The third-order valence-corrected chi connectivity index (χ3v) is 7.24. The van der Waals surface area contributed by atoms with E-state index in [4.69, 9.17) is 4.74 Å². The Morgan fingerprint density at radius 2 is 2.06 bits per heavy atom. The van der Waals surface area contributed by atoms with Gasteiger partial charge < -0.3 is 20.7 Å². The molecule has 1 saturated carbocycles. The van der Waals surface area contributed by atoms with Gasteiger partial charge in [-0.25, -0.2) is 4.98 Å². The first-order chi connectivity index (χ1) is 14.7. The summed E-state index contributed by atoms with van der Waals surface area (Å²) in [7, 11) is 0. The number of ether oxygens (including phenoxy) is 1. The quantitative estimate of drug-likeness (QED) is 0.513. The van der Waals surface area contributed by atoms with E-state index >= 15 is 0 Å². The average molecular weight is 489 g/mol. The van der Waals surface area contributed by atoms with Crippen LogP contribution >= 0.6 is 24.8 Å². The molecule has 1 aromatic heterocycles. The van der Waals surface area contributed by atoms with Crippen molar-refractivity contribution >= 4 is 36.5 Å². The van der Waals surface area contributed by atoms with Gasteiger partial charge in [-0.3, -0.25) is 9.69 Å². The van der Waals surface area contributed by atoms with E-state index in [1.165, 1.54) is 0 Å². The number of aryl methyl sites for hydroxylation is 1. The lowest BCUT2D eigenvalue weighted by Gasteiger charge is -2.50. The van der Waals surface area contributed by atoms with Gasteiger partial charge in [-0.15, -0.1) is 24.8 Å². The van der Waals surface area contributed by atoms with E-state index in [0.717, 1.165) is 89.4 Å². The van der Waals surface area contributed by atoms with Gasteiger partial charge in [-0.05, 0) is 63.1 Å². The molecule has 182 valence electrons. The van der Waals surface area contributed by atoms with Crippen LogP contribution in [0.1, 0.15) is 37.7 Å². The van der Waals surface area contributed by atoms with Crippen LogP contribution in [0, 0.1) is 18.3 Å². The van der Waals surface area contributed by atoms with E-state index in [2.05, 4.69) is 31.9 Å². The highest BCUT2D eigenvalue weighted by atomic mass is 35.5. The molecular formula is C23H39Cl2N5O2. The van der Waals surface area contributed by atoms with Crippen LogP contribution in [0.4, 0.5) is 5.82 Å². The number of anilines is 1. The van der Waals surface area contributed by atoms with Crippen LogP contribution < -0.4 is 16.0 Å². The van der Waals surface area contributed by atoms with E-state index < -0.39 is 0 Å². The summed E-state index contributed by atoms with van der Waals surface area (Å²) in [5.41, 5.74) is 0.929. The zero-order valence-electron chi connectivity index (χ0n) is 19.1. The number of morpholine rings is 1. The number of fused-ring (bicyclic) bond motifs is 1. The van der Waals surface area contributed by atoms with Crippen molar-refractivity contribution in [2.75, 3.05) is 57.8 Å². The van der Waals surface area contributed by atoms with Crippen molar-refractivity contribution < 1.29 is 9.53 Å². The number of carbonyl (C=O) groups excluding carboxylic acids is 1. The lowest BCUT2D eigenvalue weighted by Crippen LogP contribution is -2.60. The molecular weight excluding hydrogens is 449 g/mol. The fourth-order valence-electron chi connectivity index (χ4n) is 5.42. The summed E-state index contributed by atoms with van der Waals surface area (Å²) in [5.74, 6) is 1.63. The van der Waals surface area contributed by atoms with E-state index in [-0.39, 0.29) is 36.1 Å². The monoisotopic (exact) mass is 487 g/mol. The van der Waals surface area contributed by atoms with Gasteiger partial charge >= 0.3 is 0 Å². The van der Waals surface area contributed by atoms with Crippen molar-refractivity contribution in [2.45, 2.75) is 45.1 Å². The number of amides is 1. The Balaban J connectivity index is 0.00000181. The summed E-state index contributed by atoms with van der Waals surface area (Å²) >= 11 is 0. The number of piperidine rings is 1. The molecule has 1 amide bonds. The zero-order chi connectivity index (χ0) is 20.8. The Morgan fingerprint density at radius 1 is 1.25 bits per heavy atom. The highest BCUT2D eigenvalue weighted by Crippen LogP contribution is 2.46. The van der Waals surface area contributed by atoms with Crippen LogP contribution in [0.3, 0.4) is 0 Å². The SMILES string of the molecule is Cc1ccc(NCCCNC(=O)[C@@]23CC[C@H](N4CCOCC4)C[C@H]2CCNC3)nc1.Cl.Cl. The molecule has 9 heteroatoms. The first-order valence-corrected chi connectivity index (χ1v) is 11.6. The van der Waals surface area contributed by atoms with Crippen molar-refractivity contribution in [1.82, 2.24) is 20.5 Å². The second-order valence-corrected chi connectivity index (χ2v) is 9.15. The molecule has 7 nitrogen and oxygen atoms in total. The summed E-state index contributed by atoms with van der Waals surface area (Å²) in [6, 6.07) is 4.67. The van der Waals surface area contributed by atoms with Crippen LogP contribution in [0.5, 0.6) is 0 Å². The van der Waals surface area contributed by atoms with Gasteiger partial charge in [0.25, 0.3) is 0 Å². The maximum atomic E-state index is 13.3. The Labute approximate surface area is 204 Å². The number of pyridine rings is 1. The van der Waals surface area contributed by atoms with Crippen LogP contribution in [0.15, 0.2) is 18.3 Å². The van der Waals surface area contributed by atoms with E-state index in [9.17, 15) is 4.79 Å². The molecule has 3 fully saturated rings. The summed E-state index contributed by atoms with van der Waals surface area (Å²) < 4.78 is 5.53. The topological polar surface area (TPSA) is 78.5 Å². The maximum Gasteiger partial charge on any atom is 0.227 e. The maximum absolute atomic E-state index is 13.3. The molecule has 0 spiro atoms. The molecule has 2 saturated heterocycles. The van der Waals surface area contributed by atoms with Gasteiger partial charge in [0.1, 0.15) is 5.82 Å². The lowest BCUT2D eigenvalue weighted by molar-refractivity contribution is -0.140. The Hall–Kier alpha value is -1.12. The molecule has 32 heavy (non-hydrogen) atoms. The minimum Gasteiger partial charge on any atom is -0.379 e. The van der Waals surface area contributed by atoms with Crippen LogP contribution in [-0.4, -0.2) is 74.3 Å². The molecule has 0 bridgehead atoms. The summed E-state index contributed by atoms with van der Waals surface area (Å²) in [6.45, 7) is 9.18. The smallest absolute Gasteiger partial charge is 0.227 e. The van der Waals surface area contributed by atoms with Gasteiger partial charge in [0.2, 0.25) is 5.91 Å². The number of rotatable bonds is 7. The Kier molecular flexibility index (Phi) is 11.0. The van der Waals surface area contributed by atoms with Crippen LogP contribution in [0.2, 0.25) is 0 Å². The number of nitrogens with one attached hydrogen (secondary N) is 3. The molecule has 0 unspecified atom stereocenters. The third-order valence-electron chi connectivity index (χ3n) is 7.24. The van der Waals surface area contributed by atoms with Crippen LogP contribution in [-0.2, 0) is 9.53 Å². The van der Waals surface area contributed by atoms with Gasteiger partial charge in [-0.2, -0.15) is 0 Å². The zero-order valence-corrected chi connectivity index (χ0v) is 20.7. The first-order valence-electron chi connectivity index (χ1n) is 11.6. The summed E-state index contributed by atoms with van der Waals surface area (Å²) in [4.78, 5) is 20.3. The number of nitrogens with zero attached hydrogens (tertiary/aromatic N) is 2. The molecule has 2 aliphatic heterocycles. The van der Waals surface area contributed by atoms with Crippen molar-refractivity contribution in [2.24, 2.45) is 11.3 Å². The summed E-state index contributed by atoms with van der Waals surface area (Å²) in [6.07, 6.45) is 7.12. The number of hydrogen-bond donors (Lipinski definition) is 3. The highest BCUT2D eigenvalue weighted by Gasteiger charge is 2.50. The van der Waals surface area contributed by atoms with Crippen LogP contribution in [0.25, 0.3) is 0 Å². The van der Waals surface area contributed by atoms with Gasteiger partial charge in [-0.1, -0.05) is 6.07 Å². The molecule has 3 aliphatic rings. The molecule has 3 N–H and O–H groups in total. The minimum absolute atomic E-state index is 0. The van der Waals surface area contributed by atoms with Gasteiger partial charge in [0, 0.05) is 45.0 Å². The Morgan fingerprint density at radius 3 is 2.81 bits per heavy atom. The molecule has 4 rings (SSSR count). The normalized spacial score (nSPS) is 27.9. The predicted octanol–water partition coefficient (Wildman–Crippen LogP) is 2.63. The summed E-state index contributed by atoms with van der Waals surface area (Å²) in [5, 5.41) is 10.1. The lowest BCUT2D eigenvalue weighted by atomic mass is 9.61. The van der Waals surface area contributed by atoms with Gasteiger partial charge in [0.15, 0.2) is 0 Å². The second-order valence-electron chi connectivity index (χ2n) is 9.15. The number of aromatic nitrogens is 1. The molecule has 0 aromatic carbocycles. The van der Waals surface area contributed by atoms with Crippen molar-refractivity contribution in [3.05, 3.63) is 23.9 Å². The van der Waals surface area contributed by atoms with Gasteiger partial charge in [0.05, 0.1) is 18.6 Å². The molecule has 1 aliphatic carbocycles. The largest absolute Gasteiger partial charge is 0.379 e. The van der Waals surface area contributed by atoms with E-state index in [0.29, 0.717) is 18.5 Å². The fourth-order valence-corrected chi connectivity index (χ4v) is 5.42. The van der Waals surface area contributed by atoms with Crippen molar-refractivity contribution in [1.29, 1.82) is 0 Å². The molecule has 3 atom stereocenters. The van der Waals surface area contributed by atoms with Crippen molar-refractivity contribution in [3.8, 4) is 0 Å². The third kappa shape index (κ3) is 6.48. The second kappa shape index (κ2) is 12.9. The number of halogens is 2. The predicted molar refractivity (Wildman–Crippen MR) is 133 cm³/mol. The molecule has 0 radical (unpaired) electrons. The number of hydrogen-bond acceptors (Lipinski definition) is 6. The highest BCUT2D eigenvalue weighted by molar-refractivity contribution is 5.85. The minimum atomic E-state index is -0.229. The van der Waals surface area contributed by atoms with E-state index in [1.54, 1.807) is 0 Å². The number of carbonyl (C=O) groups is 1.